The van der Waals surface area contributed by atoms with Gasteiger partial charge in [0.05, 0.1) is 19.0 Å². The zero-order valence-corrected chi connectivity index (χ0v) is 28.9. The van der Waals surface area contributed by atoms with Crippen LogP contribution in [-0.4, -0.2) is 66.6 Å². The molecule has 0 saturated carbocycles. The van der Waals surface area contributed by atoms with Gasteiger partial charge in [-0.3, -0.25) is 9.69 Å². The van der Waals surface area contributed by atoms with Gasteiger partial charge < -0.3 is 24.7 Å². The quantitative estimate of drug-likeness (QED) is 0.152. The van der Waals surface area contributed by atoms with Crippen molar-refractivity contribution in [3.63, 3.8) is 0 Å². The second-order valence-corrected chi connectivity index (χ2v) is 14.5. The van der Waals surface area contributed by atoms with E-state index in [0.29, 0.717) is 22.6 Å². The van der Waals surface area contributed by atoms with Crippen LogP contribution in [0.4, 0.5) is 11.4 Å². The molecule has 10 heteroatoms. The number of carbonyl (C=O) groups excluding carboxylic acids is 2. The molecule has 1 fully saturated rings. The number of pyridine rings is 1. The van der Waals surface area contributed by atoms with Crippen molar-refractivity contribution in [1.82, 2.24) is 14.9 Å². The van der Waals surface area contributed by atoms with Gasteiger partial charge in [-0.25, -0.2) is 9.78 Å². The Balaban J connectivity index is 1.04. The fourth-order valence-corrected chi connectivity index (χ4v) is 7.66. The smallest absolute Gasteiger partial charge is 0.341 e. The molecule has 1 saturated heterocycles. The highest BCUT2D eigenvalue weighted by atomic mass is 32.1. The van der Waals surface area contributed by atoms with Crippen LogP contribution in [0.5, 0.6) is 11.5 Å². The van der Waals surface area contributed by atoms with E-state index in [2.05, 4.69) is 50.4 Å². The minimum atomic E-state index is -0.446. The molecule has 0 radical (unpaired) electrons. The summed E-state index contributed by atoms with van der Waals surface area (Å²) in [6.07, 6.45) is 6.75. The molecule has 1 amide bonds. The number of ether oxygens (including phenoxy) is 2. The maximum Gasteiger partial charge on any atom is 0.341 e. The van der Waals surface area contributed by atoms with Gasteiger partial charge in [0.15, 0.2) is 0 Å². The Morgan fingerprint density at radius 2 is 1.84 bits per heavy atom. The van der Waals surface area contributed by atoms with Crippen LogP contribution in [-0.2, 0) is 4.74 Å². The monoisotopic (exact) mass is 675 g/mol. The number of rotatable bonds is 9. The van der Waals surface area contributed by atoms with E-state index in [9.17, 15) is 9.59 Å². The molecule has 2 N–H and O–H groups in total. The number of allylic oxidation sites excluding steroid dienone is 1. The minimum Gasteiger partial charge on any atom is -0.465 e. The van der Waals surface area contributed by atoms with Gasteiger partial charge in [0.25, 0.3) is 5.91 Å². The maximum absolute atomic E-state index is 12.8. The lowest BCUT2D eigenvalue weighted by atomic mass is 9.74. The van der Waals surface area contributed by atoms with E-state index in [1.54, 1.807) is 23.6 Å². The number of benzene rings is 2. The van der Waals surface area contributed by atoms with Crippen molar-refractivity contribution < 1.29 is 19.1 Å². The Morgan fingerprint density at radius 3 is 2.63 bits per heavy atom. The van der Waals surface area contributed by atoms with Gasteiger partial charge in [-0.05, 0) is 72.7 Å². The summed E-state index contributed by atoms with van der Waals surface area (Å²) in [5.41, 5.74) is 6.81. The first-order valence-corrected chi connectivity index (χ1v) is 17.6. The average molecular weight is 676 g/mol. The first-order valence-electron chi connectivity index (χ1n) is 16.7. The van der Waals surface area contributed by atoms with Crippen LogP contribution < -0.4 is 15.0 Å². The summed E-state index contributed by atoms with van der Waals surface area (Å²) in [5, 5.41) is 6.07. The van der Waals surface area contributed by atoms with Crippen molar-refractivity contribution >= 4 is 51.2 Å². The fourth-order valence-electron chi connectivity index (χ4n) is 6.73. The van der Waals surface area contributed by atoms with E-state index in [4.69, 9.17) is 9.47 Å². The van der Waals surface area contributed by atoms with Crippen molar-refractivity contribution in [2.75, 3.05) is 50.1 Å². The van der Waals surface area contributed by atoms with Gasteiger partial charge in [0, 0.05) is 71.9 Å². The van der Waals surface area contributed by atoms with Crippen molar-refractivity contribution in [2.45, 2.75) is 33.1 Å². The van der Waals surface area contributed by atoms with Crippen LogP contribution in [0.2, 0.25) is 0 Å². The predicted molar refractivity (Wildman–Crippen MR) is 196 cm³/mol. The molecule has 1 aliphatic carbocycles. The third-order valence-corrected chi connectivity index (χ3v) is 10.5. The molecule has 9 nitrogen and oxygen atoms in total. The van der Waals surface area contributed by atoms with E-state index < -0.39 is 5.97 Å². The van der Waals surface area contributed by atoms with Crippen LogP contribution in [0.1, 0.15) is 58.7 Å². The third-order valence-electron chi connectivity index (χ3n) is 9.50. The van der Waals surface area contributed by atoms with Gasteiger partial charge in [-0.2, -0.15) is 0 Å². The van der Waals surface area contributed by atoms with Gasteiger partial charge in [-0.1, -0.05) is 37.6 Å². The fraction of sp³-hybridized carbons (Fsp3) is 0.308. The molecule has 1 aliphatic heterocycles. The van der Waals surface area contributed by atoms with Gasteiger partial charge >= 0.3 is 5.97 Å². The second kappa shape index (κ2) is 13.9. The summed E-state index contributed by atoms with van der Waals surface area (Å²) >= 11 is 1.72. The van der Waals surface area contributed by atoms with Crippen LogP contribution in [0.15, 0.2) is 90.1 Å². The third kappa shape index (κ3) is 7.40. The van der Waals surface area contributed by atoms with Crippen molar-refractivity contribution in [1.29, 1.82) is 0 Å². The number of carbonyl (C=O) groups is 2. The SMILES string of the molecule is COC(=O)c1ccc(N2CCN(CC3=C(c4cc(NC(=O)c5ccccc5)cs4)CC(C)(C)CC3)CC2)cc1Oc1cnc2[nH]ccc2c1. The normalized spacial score (nSPS) is 16.5. The average Bonchev–Trinajstić information content (AvgIpc) is 3.79. The molecule has 0 atom stereocenters. The highest BCUT2D eigenvalue weighted by Crippen LogP contribution is 2.45. The molecule has 0 spiro atoms. The predicted octanol–water partition coefficient (Wildman–Crippen LogP) is 8.24. The van der Waals surface area contributed by atoms with Crippen molar-refractivity contribution in [3.8, 4) is 11.5 Å². The number of piperazine rings is 1. The zero-order valence-electron chi connectivity index (χ0n) is 28.1. The van der Waals surface area contributed by atoms with E-state index in [-0.39, 0.29) is 11.3 Å². The molecule has 252 valence electrons. The molecule has 0 unspecified atom stereocenters. The van der Waals surface area contributed by atoms with Crippen molar-refractivity contribution in [3.05, 3.63) is 106 Å². The standard InChI is InChI=1S/C39H41N5O4S/c1-39(2)13-11-28(33(22-39)35-20-29(25-49-35)42-37(45)26-7-5-4-6-8-26)24-43-15-17-44(18-16-43)30-9-10-32(38(46)47-3)34(21-30)48-31-19-27-12-14-40-36(27)41-23-31/h4-10,12,14,19-21,23,25H,11,13,15-18,22,24H2,1-3H3,(H,40,41)(H,42,45). The number of nitrogens with zero attached hydrogens (tertiary/aromatic N) is 3. The summed E-state index contributed by atoms with van der Waals surface area (Å²) in [6, 6.07) is 21.0. The Bertz CT molecular complexity index is 2010. The molecular weight excluding hydrogens is 635 g/mol. The first-order chi connectivity index (χ1) is 23.7. The molecule has 0 bridgehead atoms. The number of aromatic nitrogens is 2. The molecule has 7 rings (SSSR count). The number of methoxy groups -OCH3 is 1. The second-order valence-electron chi connectivity index (χ2n) is 13.6. The summed E-state index contributed by atoms with van der Waals surface area (Å²) in [5.74, 6) is 0.460. The number of amides is 1. The Morgan fingerprint density at radius 1 is 1.02 bits per heavy atom. The highest BCUT2D eigenvalue weighted by Gasteiger charge is 2.30. The van der Waals surface area contributed by atoms with E-state index in [1.807, 2.05) is 60.8 Å². The number of esters is 1. The summed E-state index contributed by atoms with van der Waals surface area (Å²) in [6.45, 7) is 9.21. The number of anilines is 2. The lowest BCUT2D eigenvalue weighted by Crippen LogP contribution is -2.47. The Labute approximate surface area is 290 Å². The van der Waals surface area contributed by atoms with Crippen molar-refractivity contribution in [2.24, 2.45) is 5.41 Å². The number of hydrogen-bond acceptors (Lipinski definition) is 8. The highest BCUT2D eigenvalue weighted by molar-refractivity contribution is 7.11. The largest absolute Gasteiger partial charge is 0.465 e. The Hall–Kier alpha value is -4.93. The zero-order chi connectivity index (χ0) is 34.0. The Kier molecular flexibility index (Phi) is 9.25. The topological polar surface area (TPSA) is 99.8 Å². The number of thiophene rings is 1. The van der Waals surface area contributed by atoms with Gasteiger partial charge in [0.1, 0.15) is 22.7 Å². The molecule has 2 aromatic carbocycles. The van der Waals surface area contributed by atoms with Crippen LogP contribution >= 0.6 is 11.3 Å². The maximum atomic E-state index is 12.8. The number of aromatic amines is 1. The molecule has 4 heterocycles. The van der Waals surface area contributed by atoms with Crippen LogP contribution in [0.25, 0.3) is 16.6 Å². The van der Waals surface area contributed by atoms with E-state index >= 15 is 0 Å². The summed E-state index contributed by atoms with van der Waals surface area (Å²) in [7, 11) is 1.38. The number of fused-ring (bicyclic) bond motifs is 1. The number of H-pyrrole nitrogens is 1. The minimum absolute atomic E-state index is 0.0881. The summed E-state index contributed by atoms with van der Waals surface area (Å²) in [4.78, 5) is 39.1. The summed E-state index contributed by atoms with van der Waals surface area (Å²) < 4.78 is 11.3. The molecule has 2 aliphatic rings. The molecule has 5 aromatic rings. The van der Waals surface area contributed by atoms with E-state index in [1.165, 1.54) is 23.1 Å². The molecular formula is C39H41N5O4S. The molecule has 3 aromatic heterocycles. The van der Waals surface area contributed by atoms with Gasteiger partial charge in [-0.15, -0.1) is 11.3 Å². The van der Waals surface area contributed by atoms with Crippen LogP contribution in [0, 0.1) is 5.41 Å². The lowest BCUT2D eigenvalue weighted by molar-refractivity contribution is 0.0597. The van der Waals surface area contributed by atoms with Crippen LogP contribution in [0.3, 0.4) is 0 Å². The lowest BCUT2D eigenvalue weighted by Gasteiger charge is -2.39. The van der Waals surface area contributed by atoms with Gasteiger partial charge in [0.2, 0.25) is 0 Å². The first kappa shape index (κ1) is 32.6. The molecule has 49 heavy (non-hydrogen) atoms. The van der Waals surface area contributed by atoms with E-state index in [0.717, 1.165) is 74.4 Å². The number of nitrogens with one attached hydrogen (secondary N) is 2. The number of hydrogen-bond donors (Lipinski definition) is 2.